The molecule has 82 valence electrons. The molecule has 0 aromatic heterocycles. The third-order valence-electron chi connectivity index (χ3n) is 1.72. The van der Waals surface area contributed by atoms with Crippen molar-refractivity contribution in [1.29, 1.82) is 10.5 Å². The zero-order valence-corrected chi connectivity index (χ0v) is 7.36. The van der Waals surface area contributed by atoms with E-state index in [9.17, 15) is 22.0 Å². The number of nitrogens with zero attached hydrogens (tertiary/aromatic N) is 2. The van der Waals surface area contributed by atoms with Crippen molar-refractivity contribution in [3.05, 3.63) is 34.4 Å². The van der Waals surface area contributed by atoms with Crippen molar-refractivity contribution >= 4 is 0 Å². The van der Waals surface area contributed by atoms with Crippen LogP contribution in [0.2, 0.25) is 0 Å². The molecule has 0 saturated heterocycles. The summed E-state index contributed by atoms with van der Waals surface area (Å²) in [5, 5.41) is 16.7. The zero-order chi connectivity index (χ0) is 12.5. The lowest BCUT2D eigenvalue weighted by molar-refractivity contribution is -0.142. The summed E-state index contributed by atoms with van der Waals surface area (Å²) in [6, 6.07) is 2.66. The Balaban J connectivity index is 3.74. The fourth-order valence-corrected chi connectivity index (χ4v) is 1.05. The van der Waals surface area contributed by atoms with E-state index in [0.717, 1.165) is 12.1 Å². The molecule has 0 heterocycles. The Morgan fingerprint density at radius 3 is 1.56 bits per heavy atom. The second-order valence-corrected chi connectivity index (χ2v) is 2.70. The van der Waals surface area contributed by atoms with Gasteiger partial charge in [-0.2, -0.15) is 23.7 Å². The Morgan fingerprint density at radius 1 is 0.938 bits per heavy atom. The van der Waals surface area contributed by atoms with Crippen LogP contribution in [-0.4, -0.2) is 0 Å². The van der Waals surface area contributed by atoms with Crippen LogP contribution < -0.4 is 0 Å². The van der Waals surface area contributed by atoms with E-state index in [0.29, 0.717) is 6.07 Å². The van der Waals surface area contributed by atoms with E-state index in [1.165, 1.54) is 0 Å². The van der Waals surface area contributed by atoms with Gasteiger partial charge in [0.05, 0.1) is 11.1 Å². The summed E-state index contributed by atoms with van der Waals surface area (Å²) in [5.41, 5.74) is -4.27. The van der Waals surface area contributed by atoms with Crippen molar-refractivity contribution in [1.82, 2.24) is 0 Å². The Labute approximate surface area is 86.1 Å². The van der Waals surface area contributed by atoms with Gasteiger partial charge in [-0.1, -0.05) is 0 Å². The summed E-state index contributed by atoms with van der Waals surface area (Å²) in [4.78, 5) is 0. The van der Waals surface area contributed by atoms with Crippen LogP contribution >= 0.6 is 0 Å². The second kappa shape index (κ2) is 3.78. The van der Waals surface area contributed by atoms with Gasteiger partial charge in [0.25, 0.3) is 0 Å². The lowest BCUT2D eigenvalue weighted by atomic mass is 10.0. The molecule has 0 fully saturated rings. The highest BCUT2D eigenvalue weighted by molar-refractivity contribution is 5.46. The third-order valence-corrected chi connectivity index (χ3v) is 1.72. The minimum absolute atomic E-state index is 0.430. The van der Waals surface area contributed by atoms with Crippen LogP contribution in [0.15, 0.2) is 6.07 Å². The minimum Gasteiger partial charge on any atom is -0.205 e. The van der Waals surface area contributed by atoms with Gasteiger partial charge >= 0.3 is 6.18 Å². The molecular formula is C9HF5N2. The number of hydrogen-bond acceptors (Lipinski definition) is 2. The van der Waals surface area contributed by atoms with Crippen LogP contribution in [0.25, 0.3) is 0 Å². The SMILES string of the molecule is N#Cc1cc(C#N)c(F)c(C(F)(F)F)c1F. The molecule has 16 heavy (non-hydrogen) atoms. The largest absolute Gasteiger partial charge is 0.422 e. The molecule has 0 N–H and O–H groups in total. The molecule has 0 amide bonds. The van der Waals surface area contributed by atoms with E-state index >= 15 is 0 Å². The fraction of sp³-hybridized carbons (Fsp3) is 0.111. The molecule has 1 rings (SSSR count). The van der Waals surface area contributed by atoms with Crippen LogP contribution in [-0.2, 0) is 6.18 Å². The van der Waals surface area contributed by atoms with E-state index in [4.69, 9.17) is 10.5 Å². The summed E-state index contributed by atoms with van der Waals surface area (Å²) in [6.07, 6.45) is -5.30. The number of alkyl halides is 3. The molecule has 0 aliphatic rings. The number of benzene rings is 1. The highest BCUT2D eigenvalue weighted by atomic mass is 19.4. The molecule has 0 saturated carbocycles. The Kier molecular flexibility index (Phi) is 2.82. The van der Waals surface area contributed by atoms with E-state index in [1.54, 1.807) is 0 Å². The first-order chi connectivity index (χ1) is 7.32. The molecule has 0 bridgehead atoms. The molecule has 0 spiro atoms. The maximum atomic E-state index is 13.1. The first kappa shape index (κ1) is 11.9. The maximum absolute atomic E-state index is 13.1. The van der Waals surface area contributed by atoms with Crippen molar-refractivity contribution in [2.45, 2.75) is 6.18 Å². The average Bonchev–Trinajstić information content (AvgIpc) is 2.16. The van der Waals surface area contributed by atoms with Crippen molar-refractivity contribution in [3.63, 3.8) is 0 Å². The fourth-order valence-electron chi connectivity index (χ4n) is 1.05. The molecule has 0 aliphatic carbocycles. The summed E-state index contributed by atoms with van der Waals surface area (Å²) >= 11 is 0. The molecule has 0 aliphatic heterocycles. The van der Waals surface area contributed by atoms with Crippen LogP contribution in [0.1, 0.15) is 16.7 Å². The number of hydrogen-bond donors (Lipinski definition) is 0. The zero-order valence-electron chi connectivity index (χ0n) is 7.36. The Bertz CT molecular complexity index is 480. The van der Waals surface area contributed by atoms with E-state index < -0.39 is 34.5 Å². The van der Waals surface area contributed by atoms with E-state index in [-0.39, 0.29) is 0 Å². The highest BCUT2D eigenvalue weighted by Gasteiger charge is 2.40. The lowest BCUT2D eigenvalue weighted by Crippen LogP contribution is -2.14. The van der Waals surface area contributed by atoms with Crippen molar-refractivity contribution in [2.24, 2.45) is 0 Å². The first-order valence-electron chi connectivity index (χ1n) is 3.72. The van der Waals surface area contributed by atoms with Crippen LogP contribution in [0, 0.1) is 34.3 Å². The van der Waals surface area contributed by atoms with Gasteiger partial charge in [-0.3, -0.25) is 0 Å². The monoisotopic (exact) mass is 232 g/mol. The van der Waals surface area contributed by atoms with Gasteiger partial charge in [-0.15, -0.1) is 0 Å². The first-order valence-corrected chi connectivity index (χ1v) is 3.72. The number of nitriles is 2. The Hall–Kier alpha value is -2.15. The average molecular weight is 232 g/mol. The molecule has 1 aromatic rings. The molecule has 2 nitrogen and oxygen atoms in total. The van der Waals surface area contributed by atoms with Gasteiger partial charge in [0.1, 0.15) is 17.7 Å². The molecule has 0 radical (unpaired) electrons. The minimum atomic E-state index is -5.30. The van der Waals surface area contributed by atoms with Crippen molar-refractivity contribution < 1.29 is 22.0 Å². The summed E-state index contributed by atoms with van der Waals surface area (Å²) in [6.45, 7) is 0. The molecular weight excluding hydrogens is 231 g/mol. The van der Waals surface area contributed by atoms with Crippen LogP contribution in [0.4, 0.5) is 22.0 Å². The van der Waals surface area contributed by atoms with Crippen LogP contribution in [0.5, 0.6) is 0 Å². The molecule has 1 aromatic carbocycles. The topological polar surface area (TPSA) is 47.6 Å². The predicted octanol–water partition coefficient (Wildman–Crippen LogP) is 2.73. The van der Waals surface area contributed by atoms with Gasteiger partial charge < -0.3 is 0 Å². The molecule has 7 heteroatoms. The van der Waals surface area contributed by atoms with Crippen molar-refractivity contribution in [2.75, 3.05) is 0 Å². The quantitative estimate of drug-likeness (QED) is 0.645. The number of rotatable bonds is 0. The summed E-state index contributed by atoms with van der Waals surface area (Å²) in [5.74, 6) is -4.02. The van der Waals surface area contributed by atoms with Gasteiger partial charge in [0.2, 0.25) is 0 Å². The summed E-state index contributed by atoms with van der Waals surface area (Å²) in [7, 11) is 0. The van der Waals surface area contributed by atoms with Gasteiger partial charge in [-0.05, 0) is 6.07 Å². The standard InChI is InChI=1S/C9HF5N2/c10-7-4(2-15)1-5(3-16)8(11)6(7)9(12,13)14/h1H. The van der Waals surface area contributed by atoms with E-state index in [1.807, 2.05) is 0 Å². The van der Waals surface area contributed by atoms with Crippen LogP contribution in [0.3, 0.4) is 0 Å². The third kappa shape index (κ3) is 1.80. The molecule has 0 unspecified atom stereocenters. The second-order valence-electron chi connectivity index (χ2n) is 2.70. The maximum Gasteiger partial charge on any atom is 0.422 e. The van der Waals surface area contributed by atoms with Crippen molar-refractivity contribution in [3.8, 4) is 12.1 Å². The predicted molar refractivity (Wildman–Crippen MR) is 40.8 cm³/mol. The highest BCUT2D eigenvalue weighted by Crippen LogP contribution is 2.35. The Morgan fingerprint density at radius 2 is 1.31 bits per heavy atom. The summed E-state index contributed by atoms with van der Waals surface area (Å²) < 4.78 is 62.8. The normalized spacial score (nSPS) is 10.7. The van der Waals surface area contributed by atoms with Gasteiger partial charge in [-0.25, -0.2) is 8.78 Å². The lowest BCUT2D eigenvalue weighted by Gasteiger charge is -2.10. The van der Waals surface area contributed by atoms with Gasteiger partial charge in [0, 0.05) is 0 Å². The van der Waals surface area contributed by atoms with Gasteiger partial charge in [0.15, 0.2) is 11.6 Å². The molecule has 0 atom stereocenters. The smallest absolute Gasteiger partial charge is 0.205 e. The van der Waals surface area contributed by atoms with E-state index in [2.05, 4.69) is 0 Å². The number of halogens is 5.